The first kappa shape index (κ1) is 16.4. The lowest BCUT2D eigenvalue weighted by Gasteiger charge is -2.35. The standard InChI is InChI=1S/C17H26N2OS/c1-21-17(10-3-2-4-11-17)13-19-16(20)15-7-5-14(6-8-15)9-12-18/h5-8H,2-4,9-13,18H2,1H3,(H,19,20). The summed E-state index contributed by atoms with van der Waals surface area (Å²) in [6, 6.07) is 7.78. The van der Waals surface area contributed by atoms with Crippen molar-refractivity contribution in [2.24, 2.45) is 5.73 Å². The Balaban J connectivity index is 1.91. The molecule has 1 aromatic rings. The minimum absolute atomic E-state index is 0.0355. The summed E-state index contributed by atoms with van der Waals surface area (Å²) in [5.41, 5.74) is 7.46. The molecule has 0 aliphatic heterocycles. The Morgan fingerprint density at radius 3 is 2.48 bits per heavy atom. The van der Waals surface area contributed by atoms with Crippen LogP contribution in [0.3, 0.4) is 0 Å². The lowest BCUT2D eigenvalue weighted by Crippen LogP contribution is -2.41. The van der Waals surface area contributed by atoms with Crippen LogP contribution >= 0.6 is 11.8 Å². The van der Waals surface area contributed by atoms with Gasteiger partial charge in [0.05, 0.1) is 0 Å². The van der Waals surface area contributed by atoms with E-state index in [2.05, 4.69) is 11.6 Å². The molecule has 0 spiro atoms. The van der Waals surface area contributed by atoms with Crippen LogP contribution in [0.5, 0.6) is 0 Å². The normalized spacial score (nSPS) is 17.4. The Morgan fingerprint density at radius 1 is 1.24 bits per heavy atom. The number of carbonyl (C=O) groups excluding carboxylic acids is 1. The van der Waals surface area contributed by atoms with Crippen molar-refractivity contribution in [3.05, 3.63) is 35.4 Å². The topological polar surface area (TPSA) is 55.1 Å². The molecule has 2 rings (SSSR count). The average molecular weight is 306 g/mol. The Bertz CT molecular complexity index is 452. The zero-order valence-electron chi connectivity index (χ0n) is 12.9. The number of hydrogen-bond acceptors (Lipinski definition) is 3. The Kier molecular flexibility index (Phi) is 6.12. The van der Waals surface area contributed by atoms with E-state index in [1.54, 1.807) is 0 Å². The SMILES string of the molecule is CSC1(CNC(=O)c2ccc(CCN)cc2)CCCCC1. The van der Waals surface area contributed by atoms with E-state index in [0.29, 0.717) is 6.54 Å². The summed E-state index contributed by atoms with van der Waals surface area (Å²) < 4.78 is 0.243. The largest absolute Gasteiger partial charge is 0.351 e. The fourth-order valence-electron chi connectivity index (χ4n) is 2.98. The van der Waals surface area contributed by atoms with E-state index in [1.165, 1.54) is 37.7 Å². The van der Waals surface area contributed by atoms with Gasteiger partial charge in [0.15, 0.2) is 0 Å². The van der Waals surface area contributed by atoms with Gasteiger partial charge in [-0.05, 0) is 49.8 Å². The Morgan fingerprint density at radius 2 is 1.90 bits per heavy atom. The molecule has 116 valence electrons. The number of amides is 1. The van der Waals surface area contributed by atoms with Gasteiger partial charge < -0.3 is 11.1 Å². The fourth-order valence-corrected chi connectivity index (χ4v) is 3.90. The van der Waals surface area contributed by atoms with Crippen LogP contribution in [-0.4, -0.2) is 30.0 Å². The van der Waals surface area contributed by atoms with Crippen LogP contribution in [0.15, 0.2) is 24.3 Å². The van der Waals surface area contributed by atoms with E-state index in [-0.39, 0.29) is 10.7 Å². The molecule has 1 aromatic carbocycles. The molecule has 0 bridgehead atoms. The number of nitrogens with two attached hydrogens (primary N) is 1. The molecule has 3 nitrogen and oxygen atoms in total. The number of thioether (sulfide) groups is 1. The Labute approximate surface area is 132 Å². The predicted octanol–water partition coefficient (Wildman–Crippen LogP) is 2.98. The van der Waals surface area contributed by atoms with E-state index in [4.69, 9.17) is 5.73 Å². The van der Waals surface area contributed by atoms with Crippen molar-refractivity contribution >= 4 is 17.7 Å². The third-order valence-corrected chi connectivity index (χ3v) is 5.84. The molecular formula is C17H26N2OS. The van der Waals surface area contributed by atoms with Gasteiger partial charge in [0.2, 0.25) is 0 Å². The molecule has 1 fully saturated rings. The molecule has 0 atom stereocenters. The first-order valence-corrected chi connectivity index (χ1v) is 9.04. The maximum absolute atomic E-state index is 12.3. The lowest BCUT2D eigenvalue weighted by molar-refractivity contribution is 0.0947. The van der Waals surface area contributed by atoms with Gasteiger partial charge in [0.25, 0.3) is 5.91 Å². The molecule has 1 saturated carbocycles. The molecule has 0 heterocycles. The van der Waals surface area contributed by atoms with Crippen LogP contribution in [-0.2, 0) is 6.42 Å². The van der Waals surface area contributed by atoms with Crippen molar-refractivity contribution in [2.45, 2.75) is 43.3 Å². The van der Waals surface area contributed by atoms with Crippen LogP contribution in [0.25, 0.3) is 0 Å². The molecular weight excluding hydrogens is 280 g/mol. The minimum Gasteiger partial charge on any atom is -0.351 e. The van der Waals surface area contributed by atoms with Crippen LogP contribution in [0, 0.1) is 0 Å². The summed E-state index contributed by atoms with van der Waals surface area (Å²) in [7, 11) is 0. The number of hydrogen-bond donors (Lipinski definition) is 2. The molecule has 4 heteroatoms. The molecule has 0 unspecified atom stereocenters. The molecule has 0 saturated heterocycles. The van der Waals surface area contributed by atoms with E-state index in [0.717, 1.165) is 18.5 Å². The summed E-state index contributed by atoms with van der Waals surface area (Å²) >= 11 is 1.91. The highest BCUT2D eigenvalue weighted by atomic mass is 32.2. The van der Waals surface area contributed by atoms with Crippen molar-refractivity contribution in [3.8, 4) is 0 Å². The quantitative estimate of drug-likeness (QED) is 0.849. The van der Waals surface area contributed by atoms with Crippen LogP contribution in [0.2, 0.25) is 0 Å². The van der Waals surface area contributed by atoms with Crippen LogP contribution in [0.4, 0.5) is 0 Å². The minimum atomic E-state index is 0.0355. The van der Waals surface area contributed by atoms with Crippen molar-refractivity contribution in [2.75, 3.05) is 19.3 Å². The summed E-state index contributed by atoms with van der Waals surface area (Å²) in [5, 5.41) is 3.13. The van der Waals surface area contributed by atoms with Gasteiger partial charge in [-0.25, -0.2) is 0 Å². The fraction of sp³-hybridized carbons (Fsp3) is 0.588. The molecule has 1 aliphatic rings. The van der Waals surface area contributed by atoms with Crippen molar-refractivity contribution in [1.82, 2.24) is 5.32 Å². The first-order chi connectivity index (χ1) is 10.2. The van der Waals surface area contributed by atoms with E-state index in [1.807, 2.05) is 36.0 Å². The van der Waals surface area contributed by atoms with Gasteiger partial charge in [-0.3, -0.25) is 4.79 Å². The molecule has 3 N–H and O–H groups in total. The highest BCUT2D eigenvalue weighted by Gasteiger charge is 2.31. The highest BCUT2D eigenvalue weighted by molar-refractivity contribution is 8.00. The third kappa shape index (κ3) is 4.48. The zero-order valence-corrected chi connectivity index (χ0v) is 13.7. The zero-order chi connectivity index (χ0) is 15.1. The molecule has 1 aliphatic carbocycles. The van der Waals surface area contributed by atoms with Crippen LogP contribution < -0.4 is 11.1 Å². The van der Waals surface area contributed by atoms with Gasteiger partial charge in [-0.2, -0.15) is 11.8 Å². The van der Waals surface area contributed by atoms with Gasteiger partial charge in [-0.15, -0.1) is 0 Å². The summed E-state index contributed by atoms with van der Waals surface area (Å²) in [6.45, 7) is 1.42. The van der Waals surface area contributed by atoms with Gasteiger partial charge in [0, 0.05) is 16.9 Å². The second kappa shape index (κ2) is 7.85. The molecule has 0 aromatic heterocycles. The van der Waals surface area contributed by atoms with Gasteiger partial charge in [0.1, 0.15) is 0 Å². The third-order valence-electron chi connectivity index (χ3n) is 4.42. The van der Waals surface area contributed by atoms with Crippen molar-refractivity contribution < 1.29 is 4.79 Å². The highest BCUT2D eigenvalue weighted by Crippen LogP contribution is 2.37. The Hall–Kier alpha value is -1.00. The van der Waals surface area contributed by atoms with E-state index in [9.17, 15) is 4.79 Å². The maximum atomic E-state index is 12.3. The van der Waals surface area contributed by atoms with Gasteiger partial charge >= 0.3 is 0 Å². The second-order valence-electron chi connectivity index (χ2n) is 5.87. The van der Waals surface area contributed by atoms with E-state index >= 15 is 0 Å². The first-order valence-electron chi connectivity index (χ1n) is 7.81. The second-order valence-corrected chi connectivity index (χ2v) is 7.14. The monoisotopic (exact) mass is 306 g/mol. The van der Waals surface area contributed by atoms with Crippen molar-refractivity contribution in [3.63, 3.8) is 0 Å². The number of nitrogens with one attached hydrogen (secondary N) is 1. The lowest BCUT2D eigenvalue weighted by atomic mass is 9.88. The molecule has 0 radical (unpaired) electrons. The van der Waals surface area contributed by atoms with Crippen molar-refractivity contribution in [1.29, 1.82) is 0 Å². The van der Waals surface area contributed by atoms with Gasteiger partial charge in [-0.1, -0.05) is 31.4 Å². The smallest absolute Gasteiger partial charge is 0.251 e. The number of carbonyl (C=O) groups is 1. The summed E-state index contributed by atoms with van der Waals surface area (Å²) in [4.78, 5) is 12.3. The summed E-state index contributed by atoms with van der Waals surface area (Å²) in [5.74, 6) is 0.0355. The molecule has 21 heavy (non-hydrogen) atoms. The number of rotatable bonds is 6. The molecule has 1 amide bonds. The number of benzene rings is 1. The average Bonchev–Trinajstić information content (AvgIpc) is 2.54. The maximum Gasteiger partial charge on any atom is 0.251 e. The van der Waals surface area contributed by atoms with Crippen LogP contribution in [0.1, 0.15) is 48.0 Å². The summed E-state index contributed by atoms with van der Waals surface area (Å²) in [6.07, 6.45) is 9.35. The predicted molar refractivity (Wildman–Crippen MR) is 90.9 cm³/mol. The van der Waals surface area contributed by atoms with E-state index < -0.39 is 0 Å².